The molecule has 0 fully saturated rings. The molecule has 0 spiro atoms. The number of hydrogen-bond acceptors (Lipinski definition) is 5. The average molecular weight is 226 g/mol. The maximum atomic E-state index is 10.0. The zero-order valence-corrected chi connectivity index (χ0v) is 9.24. The van der Waals surface area contributed by atoms with E-state index in [9.17, 15) is 8.42 Å². The Balaban J connectivity index is -0.000000320. The van der Waals surface area contributed by atoms with E-state index in [0.29, 0.717) is 0 Å². The molecule has 0 radical (unpaired) electrons. The van der Waals surface area contributed by atoms with E-state index in [1.54, 1.807) is 0 Å². The predicted molar refractivity (Wildman–Crippen MR) is 45.3 cm³/mol. The molecule has 1 N–H and O–H groups in total. The second-order valence-corrected chi connectivity index (χ2v) is 3.58. The first-order valence-corrected chi connectivity index (χ1v) is 4.60. The Morgan fingerprint density at radius 1 is 1.45 bits per heavy atom. The fourth-order valence-corrected chi connectivity index (χ4v) is 0.752. The summed E-state index contributed by atoms with van der Waals surface area (Å²) in [5.74, 6) is 0. The number of aliphatic hydroxyl groups excluding tert-OH is 1. The molecule has 64 valence electrons. The van der Waals surface area contributed by atoms with Crippen molar-refractivity contribution in [2.75, 3.05) is 13.2 Å². The van der Waals surface area contributed by atoms with E-state index in [2.05, 4.69) is 15.8 Å². The van der Waals surface area contributed by atoms with E-state index in [0.717, 1.165) is 0 Å². The van der Waals surface area contributed by atoms with Crippen LogP contribution in [0.3, 0.4) is 0 Å². The Labute approximate surface area is 98.0 Å². The minimum absolute atomic E-state index is 0. The van der Waals surface area contributed by atoms with E-state index in [-0.39, 0.29) is 60.2 Å². The van der Waals surface area contributed by atoms with Gasteiger partial charge >= 0.3 is 29.6 Å². The van der Waals surface area contributed by atoms with Gasteiger partial charge in [0.2, 0.25) is 0 Å². The number of rotatable bonds is 4. The van der Waals surface area contributed by atoms with Crippen LogP contribution in [0, 0.1) is 0 Å². The Bertz CT molecular complexity index is 159. The molecule has 0 rings (SSSR count). The third kappa shape index (κ3) is 18.4. The van der Waals surface area contributed by atoms with Gasteiger partial charge in [-0.05, 0) is 17.4 Å². The van der Waals surface area contributed by atoms with Gasteiger partial charge in [0, 0.05) is 6.61 Å². The molecule has 0 amide bonds. The van der Waals surface area contributed by atoms with E-state index in [4.69, 9.17) is 5.11 Å². The summed E-state index contributed by atoms with van der Waals surface area (Å²) in [5, 5.41) is 8.15. The molecule has 0 aliphatic carbocycles. The van der Waals surface area contributed by atoms with Crippen molar-refractivity contribution < 1.29 is 47.3 Å². The third-order valence-electron chi connectivity index (χ3n) is 0.530. The van der Waals surface area contributed by atoms with Gasteiger partial charge in [-0.15, -0.1) is 0 Å². The first-order chi connectivity index (χ1) is 4.06. The van der Waals surface area contributed by atoms with Gasteiger partial charge in [-0.25, -0.2) is 8.42 Å². The molecule has 0 bridgehead atoms. The minimum atomic E-state index is -3.72. The van der Waals surface area contributed by atoms with Crippen LogP contribution in [-0.2, 0) is 25.0 Å². The topological polar surface area (TPSA) is 63.6 Å². The Kier molecular flexibility index (Phi) is 15.8. The maximum absolute atomic E-state index is 10.0. The maximum Gasteiger partial charge on any atom is 1.00 e. The molecule has 0 aliphatic heterocycles. The molecule has 0 unspecified atom stereocenters. The fourth-order valence-electron chi connectivity index (χ4n) is 0.226. The Morgan fingerprint density at radius 3 is 2.18 bits per heavy atom. The van der Waals surface area contributed by atoms with Gasteiger partial charge in [0.15, 0.2) is 0 Å². The SMILES string of the molecule is O=S(=O)([S-])OCCCO.[Na+].[SiH4]. The minimum Gasteiger partial charge on any atom is -0.619 e. The molecule has 0 aliphatic rings. The summed E-state index contributed by atoms with van der Waals surface area (Å²) in [6, 6.07) is 0. The molecule has 4 nitrogen and oxygen atoms in total. The monoisotopic (exact) mass is 226 g/mol. The zero-order valence-electron chi connectivity index (χ0n) is 5.61. The first-order valence-electron chi connectivity index (χ1n) is 2.27. The van der Waals surface area contributed by atoms with Gasteiger partial charge in [-0.3, -0.25) is 4.18 Å². The molecule has 0 aromatic rings. The standard InChI is InChI=1S/C3H8O4S2.Na.H4Si/c4-2-1-3-7-9(5,6)8;;/h4H,1-3H2,(H,5,6,8);;1H4/q;+1;/p-1. The van der Waals surface area contributed by atoms with E-state index >= 15 is 0 Å². The Hall–Kier alpha value is 1.44. The summed E-state index contributed by atoms with van der Waals surface area (Å²) in [7, 11) is -3.72. The van der Waals surface area contributed by atoms with E-state index in [1.807, 2.05) is 0 Å². The van der Waals surface area contributed by atoms with Crippen LogP contribution in [0.4, 0.5) is 0 Å². The van der Waals surface area contributed by atoms with Crippen LogP contribution in [-0.4, -0.2) is 37.7 Å². The summed E-state index contributed by atoms with van der Waals surface area (Å²) in [4.78, 5) is 0. The predicted octanol–water partition coefficient (Wildman–Crippen LogP) is -5.27. The molecular weight excluding hydrogens is 215 g/mol. The summed E-state index contributed by atoms with van der Waals surface area (Å²) in [6.45, 7) is -0.132. The molecule has 0 saturated carbocycles. The largest absolute Gasteiger partial charge is 1.00 e. The molecule has 0 aromatic heterocycles. The van der Waals surface area contributed by atoms with Gasteiger partial charge in [0.1, 0.15) is 9.15 Å². The van der Waals surface area contributed by atoms with E-state index in [1.165, 1.54) is 0 Å². The molecule has 0 saturated heterocycles. The smallest absolute Gasteiger partial charge is 0.619 e. The van der Waals surface area contributed by atoms with Crippen LogP contribution >= 0.6 is 0 Å². The van der Waals surface area contributed by atoms with Crippen molar-refractivity contribution in [3.63, 3.8) is 0 Å². The van der Waals surface area contributed by atoms with Crippen molar-refractivity contribution in [3.8, 4) is 0 Å². The normalized spacial score (nSPS) is 9.64. The van der Waals surface area contributed by atoms with Crippen molar-refractivity contribution in [2.45, 2.75) is 6.42 Å². The molecule has 0 aromatic carbocycles. The van der Waals surface area contributed by atoms with Gasteiger partial charge < -0.3 is 16.8 Å². The number of hydrogen-bond donors (Lipinski definition) is 1. The van der Waals surface area contributed by atoms with Gasteiger partial charge in [0.25, 0.3) is 0 Å². The third-order valence-corrected chi connectivity index (χ3v) is 1.27. The van der Waals surface area contributed by atoms with Crippen LogP contribution < -0.4 is 29.6 Å². The number of aliphatic hydroxyl groups is 1. The first kappa shape index (κ1) is 18.3. The van der Waals surface area contributed by atoms with Crippen LogP contribution in [0.15, 0.2) is 0 Å². The van der Waals surface area contributed by atoms with Crippen molar-refractivity contribution in [2.24, 2.45) is 0 Å². The van der Waals surface area contributed by atoms with Crippen LogP contribution in [0.5, 0.6) is 0 Å². The van der Waals surface area contributed by atoms with Crippen molar-refractivity contribution in [1.29, 1.82) is 0 Å². The van der Waals surface area contributed by atoms with Crippen LogP contribution in [0.25, 0.3) is 0 Å². The second kappa shape index (κ2) is 9.52. The van der Waals surface area contributed by atoms with Gasteiger partial charge in [-0.2, -0.15) is 0 Å². The Morgan fingerprint density at radius 2 is 1.91 bits per heavy atom. The summed E-state index contributed by atoms with van der Waals surface area (Å²) < 4.78 is 24.1. The van der Waals surface area contributed by atoms with Gasteiger partial charge in [-0.1, -0.05) is 0 Å². The quantitative estimate of drug-likeness (QED) is 0.225. The summed E-state index contributed by atoms with van der Waals surface area (Å²) in [6.07, 6.45) is 0.288. The summed E-state index contributed by atoms with van der Waals surface area (Å²) >= 11 is 3.87. The fraction of sp³-hybridized carbons (Fsp3) is 1.00. The zero-order chi connectivity index (χ0) is 7.33. The molecule has 8 heteroatoms. The summed E-state index contributed by atoms with van der Waals surface area (Å²) in [5.41, 5.74) is 0. The molecular formula is C3H11NaO4S2Si. The molecule has 11 heavy (non-hydrogen) atoms. The van der Waals surface area contributed by atoms with Crippen LogP contribution in [0.1, 0.15) is 6.42 Å². The van der Waals surface area contributed by atoms with Crippen molar-refractivity contribution >= 4 is 31.8 Å². The molecule has 0 atom stereocenters. The molecule has 0 heterocycles. The van der Waals surface area contributed by atoms with Crippen molar-refractivity contribution in [1.82, 2.24) is 0 Å². The second-order valence-electron chi connectivity index (χ2n) is 1.31. The van der Waals surface area contributed by atoms with Gasteiger partial charge in [0.05, 0.1) is 6.61 Å². The van der Waals surface area contributed by atoms with E-state index < -0.39 is 9.15 Å². The van der Waals surface area contributed by atoms with Crippen LogP contribution in [0.2, 0.25) is 0 Å². The van der Waals surface area contributed by atoms with Crippen molar-refractivity contribution in [3.05, 3.63) is 0 Å². The average Bonchev–Trinajstić information content (AvgIpc) is 1.63.